The molecule has 0 bridgehead atoms. The second kappa shape index (κ2) is 14.6. The topological polar surface area (TPSA) is 178 Å². The summed E-state index contributed by atoms with van der Waals surface area (Å²) in [5.41, 5.74) is 7.38. The average molecular weight is 534 g/mol. The number of nitrogens with zero attached hydrogens (tertiary/aromatic N) is 1. The molecule has 0 heterocycles. The summed E-state index contributed by atoms with van der Waals surface area (Å²) in [6, 6.07) is 14.0. The van der Waals surface area contributed by atoms with Gasteiger partial charge in [0, 0.05) is 6.54 Å². The number of aryl methyl sites for hydroxylation is 1. The molecule has 0 saturated heterocycles. The van der Waals surface area contributed by atoms with Crippen LogP contribution in [-0.4, -0.2) is 58.6 Å². The highest BCUT2D eigenvalue weighted by atomic mass is 32.2. The van der Waals surface area contributed by atoms with Crippen LogP contribution >= 0.6 is 0 Å². The van der Waals surface area contributed by atoms with Crippen LogP contribution in [0.25, 0.3) is 0 Å². The lowest BCUT2D eigenvalue weighted by Crippen LogP contribution is -2.48. The zero-order valence-corrected chi connectivity index (χ0v) is 21.4. The first-order valence-electron chi connectivity index (χ1n) is 11.3. The van der Waals surface area contributed by atoms with Crippen molar-refractivity contribution in [1.29, 1.82) is 0 Å². The number of hydrogen-bond donors (Lipinski definition) is 4. The maximum atomic E-state index is 12.8. The number of sulfonamides is 1. The van der Waals surface area contributed by atoms with Crippen molar-refractivity contribution >= 4 is 34.0 Å². The molecule has 2 amide bonds. The molecule has 13 heteroatoms. The van der Waals surface area contributed by atoms with Crippen LogP contribution in [0.2, 0.25) is 0 Å². The molecule has 0 fully saturated rings. The number of carbonyl (C=O) groups excluding carboxylic acids is 3. The van der Waals surface area contributed by atoms with Crippen LogP contribution < -0.4 is 21.1 Å². The van der Waals surface area contributed by atoms with Crippen molar-refractivity contribution in [2.24, 2.45) is 10.7 Å². The Bertz CT molecular complexity index is 1190. The van der Waals surface area contributed by atoms with Crippen LogP contribution in [0.15, 0.2) is 64.5 Å². The maximum absolute atomic E-state index is 12.8. The number of nitrogens with two attached hydrogens (primary N) is 1. The Balaban J connectivity index is 1.93. The second-order valence-electron chi connectivity index (χ2n) is 7.88. The molecule has 0 saturated carbocycles. The summed E-state index contributed by atoms with van der Waals surface area (Å²) in [6.07, 6.45) is -0.516. The van der Waals surface area contributed by atoms with E-state index in [0.29, 0.717) is 0 Å². The third-order valence-electron chi connectivity index (χ3n) is 4.96. The van der Waals surface area contributed by atoms with E-state index in [4.69, 9.17) is 10.5 Å². The maximum Gasteiger partial charge on any atom is 0.414 e. The fourth-order valence-corrected chi connectivity index (χ4v) is 4.20. The summed E-state index contributed by atoms with van der Waals surface area (Å²) in [5, 5.41) is 4.63. The number of methoxy groups -OCH3 is 1. The van der Waals surface area contributed by atoms with Gasteiger partial charge < -0.3 is 20.5 Å². The number of nitrogens with one attached hydrogen (secondary N) is 3. The van der Waals surface area contributed by atoms with Gasteiger partial charge in [-0.05, 0) is 37.5 Å². The Labute approximate surface area is 215 Å². The molecule has 1 atom stereocenters. The van der Waals surface area contributed by atoms with Crippen molar-refractivity contribution < 1.29 is 32.3 Å². The van der Waals surface area contributed by atoms with Crippen molar-refractivity contribution in [1.82, 2.24) is 15.4 Å². The van der Waals surface area contributed by atoms with Crippen LogP contribution in [0.1, 0.15) is 24.0 Å². The van der Waals surface area contributed by atoms with Gasteiger partial charge in [-0.3, -0.25) is 19.9 Å². The van der Waals surface area contributed by atoms with Crippen LogP contribution in [0, 0.1) is 6.92 Å². The fraction of sp³-hybridized carbons (Fsp3) is 0.333. The quantitative estimate of drug-likeness (QED) is 0.135. The molecule has 0 unspecified atom stereocenters. The second-order valence-corrected chi connectivity index (χ2v) is 9.59. The van der Waals surface area contributed by atoms with Gasteiger partial charge in [0.05, 0.1) is 12.0 Å². The third kappa shape index (κ3) is 10.7. The van der Waals surface area contributed by atoms with Gasteiger partial charge in [0.2, 0.25) is 15.9 Å². The van der Waals surface area contributed by atoms with E-state index >= 15 is 0 Å². The zero-order valence-electron chi connectivity index (χ0n) is 20.6. The van der Waals surface area contributed by atoms with Gasteiger partial charge in [0.1, 0.15) is 19.2 Å². The molecule has 0 aliphatic rings. The number of carbonyl (C=O) groups is 3. The van der Waals surface area contributed by atoms with Crippen LogP contribution in [0.4, 0.5) is 4.79 Å². The Morgan fingerprint density at radius 1 is 1.05 bits per heavy atom. The first-order valence-corrected chi connectivity index (χ1v) is 12.8. The highest BCUT2D eigenvalue weighted by Crippen LogP contribution is 2.12. The smallest absolute Gasteiger partial charge is 0.414 e. The minimum atomic E-state index is -4.03. The van der Waals surface area contributed by atoms with Crippen molar-refractivity contribution in [3.05, 3.63) is 65.7 Å². The summed E-state index contributed by atoms with van der Waals surface area (Å²) >= 11 is 0. The van der Waals surface area contributed by atoms with Crippen LogP contribution in [0.3, 0.4) is 0 Å². The first-order chi connectivity index (χ1) is 17.6. The fourth-order valence-electron chi connectivity index (χ4n) is 2.97. The molecule has 0 aliphatic carbocycles. The predicted molar refractivity (Wildman–Crippen MR) is 136 cm³/mol. The van der Waals surface area contributed by atoms with Crippen molar-refractivity contribution in [2.75, 3.05) is 20.2 Å². The van der Waals surface area contributed by atoms with Crippen LogP contribution in [0.5, 0.6) is 0 Å². The van der Waals surface area contributed by atoms with Gasteiger partial charge >= 0.3 is 12.1 Å². The van der Waals surface area contributed by atoms with Gasteiger partial charge in [-0.15, -0.1) is 0 Å². The molecule has 12 nitrogen and oxygen atoms in total. The molecule has 200 valence electrons. The Morgan fingerprint density at radius 2 is 1.73 bits per heavy atom. The van der Waals surface area contributed by atoms with Crippen LogP contribution in [-0.2, 0) is 35.7 Å². The van der Waals surface area contributed by atoms with Gasteiger partial charge in [0.15, 0.2) is 5.96 Å². The van der Waals surface area contributed by atoms with E-state index in [2.05, 4.69) is 25.1 Å². The molecule has 2 rings (SSSR count). The minimum absolute atomic E-state index is 0.00986. The molecular weight excluding hydrogens is 502 g/mol. The first kappa shape index (κ1) is 29.3. The van der Waals surface area contributed by atoms with E-state index in [9.17, 15) is 22.8 Å². The molecular formula is C24H31N5O7S. The standard InChI is InChI=1S/C24H31N5O7S/c1-17-10-12-19(13-11-17)37(33,34)29-20(22(31)27-15-21(30)35-2)9-6-14-26-23(25)28-24(32)36-16-18-7-4-3-5-8-18/h3-5,7-8,10-13,20,29H,6,9,14-16H2,1-2H3,(H,27,31)(H3,25,26,28,32)/t20-/m0/s1. The lowest BCUT2D eigenvalue weighted by molar-refractivity contribution is -0.141. The minimum Gasteiger partial charge on any atom is -0.468 e. The van der Waals surface area contributed by atoms with E-state index in [1.54, 1.807) is 24.3 Å². The SMILES string of the molecule is COC(=O)CNC(=O)[C@H](CCCN=C(N)NC(=O)OCc1ccccc1)NS(=O)(=O)c1ccc(C)cc1. The number of guanidine groups is 1. The zero-order chi connectivity index (χ0) is 27.3. The molecule has 2 aromatic carbocycles. The number of esters is 1. The predicted octanol–water partition coefficient (Wildman–Crippen LogP) is 0.952. The Hall–Kier alpha value is -3.97. The Morgan fingerprint density at radius 3 is 2.38 bits per heavy atom. The van der Waals surface area contributed by atoms with Crippen molar-refractivity contribution in [3.63, 3.8) is 0 Å². The molecule has 2 aromatic rings. The number of ether oxygens (including phenoxy) is 2. The number of hydrogen-bond acceptors (Lipinski definition) is 8. The van der Waals surface area contributed by atoms with E-state index in [-0.39, 0.29) is 36.8 Å². The van der Waals surface area contributed by atoms with Crippen molar-refractivity contribution in [3.8, 4) is 0 Å². The average Bonchev–Trinajstić information content (AvgIpc) is 2.88. The number of aliphatic imine (C=N–C) groups is 1. The molecule has 0 aromatic heterocycles. The summed E-state index contributed by atoms with van der Waals surface area (Å²) in [6.45, 7) is 1.54. The lowest BCUT2D eigenvalue weighted by Gasteiger charge is -2.18. The van der Waals surface area contributed by atoms with Gasteiger partial charge in [-0.1, -0.05) is 48.0 Å². The molecule has 0 radical (unpaired) electrons. The number of benzene rings is 2. The number of amides is 2. The van der Waals surface area contributed by atoms with E-state index in [1.807, 2.05) is 25.1 Å². The number of rotatable bonds is 12. The van der Waals surface area contributed by atoms with E-state index in [1.165, 1.54) is 19.2 Å². The molecule has 0 spiro atoms. The van der Waals surface area contributed by atoms with E-state index in [0.717, 1.165) is 11.1 Å². The van der Waals surface area contributed by atoms with Gasteiger partial charge in [-0.2, -0.15) is 4.72 Å². The Kier molecular flexibility index (Phi) is 11.5. The highest BCUT2D eigenvalue weighted by molar-refractivity contribution is 7.89. The lowest BCUT2D eigenvalue weighted by atomic mass is 10.1. The summed E-state index contributed by atoms with van der Waals surface area (Å²) < 4.78 is 37.5. The summed E-state index contributed by atoms with van der Waals surface area (Å²) in [7, 11) is -2.86. The normalized spacial score (nSPS) is 12.3. The molecule has 0 aliphatic heterocycles. The largest absolute Gasteiger partial charge is 0.468 e. The monoisotopic (exact) mass is 533 g/mol. The van der Waals surface area contributed by atoms with Gasteiger partial charge in [-0.25, -0.2) is 13.2 Å². The van der Waals surface area contributed by atoms with Gasteiger partial charge in [0.25, 0.3) is 0 Å². The molecule has 37 heavy (non-hydrogen) atoms. The van der Waals surface area contributed by atoms with E-state index < -0.39 is 40.6 Å². The highest BCUT2D eigenvalue weighted by Gasteiger charge is 2.26. The third-order valence-corrected chi connectivity index (χ3v) is 6.44. The summed E-state index contributed by atoms with van der Waals surface area (Å²) in [5.74, 6) is -1.58. The number of alkyl carbamates (subject to hydrolysis) is 1. The summed E-state index contributed by atoms with van der Waals surface area (Å²) in [4.78, 5) is 39.8. The molecule has 5 N–H and O–H groups in total. The van der Waals surface area contributed by atoms with Crippen molar-refractivity contribution in [2.45, 2.75) is 37.3 Å².